The standard InChI is InChI=1S/C63H45NO/c1-63-39-11-22-57-58-42-51(35-38-60(58)65-61(62(57)63)24-12-40-63)50-17-9-18-53(41-50)64(59-23-8-7-20-56(59)49-31-27-44(28-32-49)43-13-3-2-4-14-43)52-36-33-46(34-37-52)45-25-29-48(30-26-45)55-21-10-16-47-15-5-6-19-54(47)55/h2-39,41-42H,40H2,1H3. The summed E-state index contributed by atoms with van der Waals surface area (Å²) < 4.78 is 6.59. The summed E-state index contributed by atoms with van der Waals surface area (Å²) in [6.45, 7) is 2.32. The molecule has 0 radical (unpaired) electrons. The summed E-state index contributed by atoms with van der Waals surface area (Å²) in [5.41, 5.74) is 18.7. The van der Waals surface area contributed by atoms with E-state index >= 15 is 0 Å². The van der Waals surface area contributed by atoms with Gasteiger partial charge in [0.25, 0.3) is 0 Å². The summed E-state index contributed by atoms with van der Waals surface area (Å²) in [6.07, 6.45) is 12.1. The molecule has 2 nitrogen and oxygen atoms in total. The Balaban J connectivity index is 0.933. The highest BCUT2D eigenvalue weighted by Gasteiger charge is 2.38. The van der Waals surface area contributed by atoms with Crippen molar-refractivity contribution in [1.29, 1.82) is 0 Å². The molecule has 0 spiro atoms. The Labute approximate surface area is 381 Å². The Morgan fingerprint density at radius 2 is 1.05 bits per heavy atom. The highest BCUT2D eigenvalue weighted by molar-refractivity contribution is 5.97. The third kappa shape index (κ3) is 6.92. The number of nitrogens with zero attached hydrogens (tertiary/aromatic N) is 1. The van der Waals surface area contributed by atoms with Gasteiger partial charge < -0.3 is 9.64 Å². The highest BCUT2D eigenvalue weighted by atomic mass is 16.5. The zero-order valence-corrected chi connectivity index (χ0v) is 36.2. The Bertz CT molecular complexity index is 3400. The summed E-state index contributed by atoms with van der Waals surface area (Å²) in [5, 5.41) is 2.52. The summed E-state index contributed by atoms with van der Waals surface area (Å²) in [4.78, 5) is 2.41. The van der Waals surface area contributed by atoms with Crippen molar-refractivity contribution < 1.29 is 4.74 Å². The van der Waals surface area contributed by atoms with Crippen LogP contribution >= 0.6 is 0 Å². The molecule has 1 unspecified atom stereocenters. The number of benzene rings is 9. The van der Waals surface area contributed by atoms with Crippen LogP contribution < -0.4 is 9.64 Å². The van der Waals surface area contributed by atoms with Crippen LogP contribution in [-0.2, 0) is 0 Å². The van der Waals surface area contributed by atoms with Gasteiger partial charge in [-0.15, -0.1) is 0 Å². The van der Waals surface area contributed by atoms with E-state index in [9.17, 15) is 0 Å². The fraction of sp³-hybridized carbons (Fsp3) is 0.0476. The van der Waals surface area contributed by atoms with Gasteiger partial charge in [0.05, 0.1) is 5.69 Å². The van der Waals surface area contributed by atoms with Crippen LogP contribution in [-0.4, -0.2) is 0 Å². The van der Waals surface area contributed by atoms with Crippen LogP contribution in [0.25, 0.3) is 72.0 Å². The number of ether oxygens (including phenoxy) is 1. The molecule has 3 aliphatic rings. The molecule has 0 amide bonds. The predicted octanol–water partition coefficient (Wildman–Crippen LogP) is 17.2. The van der Waals surface area contributed by atoms with E-state index in [1.165, 1.54) is 55.3 Å². The minimum absolute atomic E-state index is 0.0754. The number of anilines is 3. The molecule has 65 heavy (non-hydrogen) atoms. The van der Waals surface area contributed by atoms with Crippen molar-refractivity contribution in [3.05, 3.63) is 260 Å². The maximum atomic E-state index is 6.59. The van der Waals surface area contributed by atoms with Gasteiger partial charge in [-0.25, -0.2) is 0 Å². The number of hydrogen-bond acceptors (Lipinski definition) is 2. The van der Waals surface area contributed by atoms with E-state index in [2.05, 4.69) is 255 Å². The normalized spacial score (nSPS) is 15.8. The van der Waals surface area contributed by atoms with Crippen LogP contribution in [0.5, 0.6) is 5.75 Å². The molecule has 0 saturated carbocycles. The first-order valence-corrected chi connectivity index (χ1v) is 22.5. The number of allylic oxidation sites excluding steroid dienone is 7. The predicted molar refractivity (Wildman–Crippen MR) is 272 cm³/mol. The minimum Gasteiger partial charge on any atom is -0.456 e. The summed E-state index contributed by atoms with van der Waals surface area (Å²) in [6, 6.07) is 77.1. The van der Waals surface area contributed by atoms with Crippen molar-refractivity contribution in [2.45, 2.75) is 13.3 Å². The molecule has 0 aromatic heterocycles. The number of para-hydroxylation sites is 1. The average molecular weight is 832 g/mol. The molecule has 0 bridgehead atoms. The first kappa shape index (κ1) is 38.5. The van der Waals surface area contributed by atoms with E-state index in [1.54, 1.807) is 0 Å². The van der Waals surface area contributed by atoms with Gasteiger partial charge in [0.1, 0.15) is 11.5 Å². The number of fused-ring (bicyclic) bond motifs is 3. The first-order valence-electron chi connectivity index (χ1n) is 22.5. The first-order chi connectivity index (χ1) is 32.1. The molecule has 1 heterocycles. The van der Waals surface area contributed by atoms with Crippen LogP contribution in [0.3, 0.4) is 0 Å². The van der Waals surface area contributed by atoms with E-state index in [0.29, 0.717) is 0 Å². The molecule has 9 aromatic carbocycles. The van der Waals surface area contributed by atoms with Crippen LogP contribution in [0.2, 0.25) is 0 Å². The molecule has 1 atom stereocenters. The average Bonchev–Trinajstić information content (AvgIpc) is 3.37. The Morgan fingerprint density at radius 3 is 1.85 bits per heavy atom. The lowest BCUT2D eigenvalue weighted by Gasteiger charge is -2.39. The number of hydrogen-bond donors (Lipinski definition) is 0. The van der Waals surface area contributed by atoms with E-state index in [0.717, 1.165) is 62.8 Å². The lowest BCUT2D eigenvalue weighted by molar-refractivity contribution is 0.395. The molecule has 0 fully saturated rings. The van der Waals surface area contributed by atoms with Crippen LogP contribution in [0.1, 0.15) is 18.9 Å². The SMILES string of the molecule is CC12C=CC=C3C1=C(C=CC2)Oc1ccc(-c2cccc(N(c4ccc(-c5ccc(-c6cccc7ccccc67)cc5)cc4)c4ccccc4-c4ccc(-c5ccccc5)cc4)c2)cc13. The van der Waals surface area contributed by atoms with E-state index in [-0.39, 0.29) is 5.41 Å². The van der Waals surface area contributed by atoms with E-state index in [1.807, 2.05) is 0 Å². The zero-order valence-electron chi connectivity index (χ0n) is 36.2. The molecule has 308 valence electrons. The summed E-state index contributed by atoms with van der Waals surface area (Å²) >= 11 is 0. The van der Waals surface area contributed by atoms with E-state index < -0.39 is 0 Å². The van der Waals surface area contributed by atoms with Gasteiger partial charge >= 0.3 is 0 Å². The molecule has 9 aromatic rings. The Kier molecular flexibility index (Phi) is 9.39. The Morgan fingerprint density at radius 1 is 0.462 bits per heavy atom. The van der Waals surface area contributed by atoms with Crippen molar-refractivity contribution in [2.24, 2.45) is 5.41 Å². The summed E-state index contributed by atoms with van der Waals surface area (Å²) in [7, 11) is 0. The van der Waals surface area contributed by atoms with E-state index in [4.69, 9.17) is 4.74 Å². The van der Waals surface area contributed by atoms with Crippen LogP contribution in [0, 0.1) is 5.41 Å². The van der Waals surface area contributed by atoms with Gasteiger partial charge in [-0.2, -0.15) is 0 Å². The second-order valence-corrected chi connectivity index (χ2v) is 17.5. The van der Waals surface area contributed by atoms with Gasteiger partial charge in [-0.1, -0.05) is 201 Å². The smallest absolute Gasteiger partial charge is 0.135 e. The molecule has 0 N–H and O–H groups in total. The molecule has 2 heteroatoms. The van der Waals surface area contributed by atoms with Crippen molar-refractivity contribution in [1.82, 2.24) is 0 Å². The molecular weight excluding hydrogens is 787 g/mol. The van der Waals surface area contributed by atoms with Crippen molar-refractivity contribution >= 4 is 33.4 Å². The van der Waals surface area contributed by atoms with Crippen LogP contribution in [0.15, 0.2) is 254 Å². The summed E-state index contributed by atoms with van der Waals surface area (Å²) in [5.74, 6) is 1.86. The maximum absolute atomic E-state index is 6.59. The largest absolute Gasteiger partial charge is 0.456 e. The van der Waals surface area contributed by atoms with Gasteiger partial charge in [0.15, 0.2) is 0 Å². The van der Waals surface area contributed by atoms with Gasteiger partial charge in [0, 0.05) is 33.5 Å². The topological polar surface area (TPSA) is 12.5 Å². The fourth-order valence-electron chi connectivity index (χ4n) is 10.1. The fourth-order valence-corrected chi connectivity index (χ4v) is 10.1. The van der Waals surface area contributed by atoms with Gasteiger partial charge in [-0.3, -0.25) is 0 Å². The second kappa shape index (κ2) is 15.9. The molecule has 2 aliphatic carbocycles. The monoisotopic (exact) mass is 831 g/mol. The third-order valence-corrected chi connectivity index (χ3v) is 13.4. The number of rotatable bonds is 8. The lowest BCUT2D eigenvalue weighted by Crippen LogP contribution is -2.26. The molecule has 12 rings (SSSR count). The molecule has 1 aliphatic heterocycles. The zero-order chi connectivity index (χ0) is 43.3. The lowest BCUT2D eigenvalue weighted by atomic mass is 9.68. The van der Waals surface area contributed by atoms with Gasteiger partial charge in [-0.05, 0) is 121 Å². The molecule has 0 saturated heterocycles. The molecular formula is C63H45NO. The van der Waals surface area contributed by atoms with Crippen molar-refractivity contribution in [3.8, 4) is 61.4 Å². The highest BCUT2D eigenvalue weighted by Crippen LogP contribution is 2.53. The maximum Gasteiger partial charge on any atom is 0.135 e. The third-order valence-electron chi connectivity index (χ3n) is 13.4. The van der Waals surface area contributed by atoms with Crippen LogP contribution in [0.4, 0.5) is 17.1 Å². The van der Waals surface area contributed by atoms with Crippen molar-refractivity contribution in [3.63, 3.8) is 0 Å². The van der Waals surface area contributed by atoms with Gasteiger partial charge in [0.2, 0.25) is 0 Å². The minimum atomic E-state index is -0.0754. The quantitative estimate of drug-likeness (QED) is 0.151. The second-order valence-electron chi connectivity index (χ2n) is 17.5. The Hall–Kier alpha value is -8.20. The van der Waals surface area contributed by atoms with Crippen molar-refractivity contribution in [2.75, 3.05) is 4.90 Å².